The van der Waals surface area contributed by atoms with Gasteiger partial charge < -0.3 is 20.1 Å². The molecule has 0 radical (unpaired) electrons. The highest BCUT2D eigenvalue weighted by Crippen LogP contribution is 2.28. The first-order valence-corrected chi connectivity index (χ1v) is 7.39. The third-order valence-corrected chi connectivity index (χ3v) is 3.10. The van der Waals surface area contributed by atoms with Gasteiger partial charge in [0.1, 0.15) is 17.9 Å². The second-order valence-electron chi connectivity index (χ2n) is 4.85. The summed E-state index contributed by atoms with van der Waals surface area (Å²) in [4.78, 5) is 23.6. The Morgan fingerprint density at radius 2 is 1.86 bits per heavy atom. The average Bonchev–Trinajstić information content (AvgIpc) is 2.51. The molecule has 2 amide bonds. The molecule has 0 aromatic heterocycles. The predicted octanol–water partition coefficient (Wildman–Crippen LogP) is 2.34. The molecule has 22 heavy (non-hydrogen) atoms. The molecule has 0 bridgehead atoms. The zero-order valence-corrected chi connectivity index (χ0v) is 13.4. The van der Waals surface area contributed by atoms with E-state index in [4.69, 9.17) is 9.47 Å². The monoisotopic (exact) mass is 308 g/mol. The summed E-state index contributed by atoms with van der Waals surface area (Å²) in [7, 11) is 3.05. The molecule has 0 spiro atoms. The van der Waals surface area contributed by atoms with Crippen molar-refractivity contribution in [1.29, 1.82) is 0 Å². The fourth-order valence-corrected chi connectivity index (χ4v) is 1.92. The number of unbranched alkanes of at least 4 members (excludes halogenated alkanes) is 2. The summed E-state index contributed by atoms with van der Waals surface area (Å²) < 4.78 is 10.3. The van der Waals surface area contributed by atoms with Gasteiger partial charge in [-0.15, -0.1) is 0 Å². The van der Waals surface area contributed by atoms with Gasteiger partial charge in [-0.1, -0.05) is 19.8 Å². The molecule has 0 saturated heterocycles. The molecule has 6 nitrogen and oxygen atoms in total. The number of rotatable bonds is 9. The smallest absolute Gasteiger partial charge is 0.233 e. The molecule has 0 atom stereocenters. The van der Waals surface area contributed by atoms with Gasteiger partial charge in [0.25, 0.3) is 0 Å². The summed E-state index contributed by atoms with van der Waals surface area (Å²) in [5.41, 5.74) is 0.477. The van der Waals surface area contributed by atoms with Crippen LogP contribution < -0.4 is 20.1 Å². The molecular formula is C16H24N2O4. The van der Waals surface area contributed by atoms with E-state index >= 15 is 0 Å². The minimum absolute atomic E-state index is 0.216. The van der Waals surface area contributed by atoms with Crippen molar-refractivity contribution in [3.8, 4) is 11.5 Å². The summed E-state index contributed by atoms with van der Waals surface area (Å²) in [6.07, 6.45) is 2.86. The molecule has 6 heteroatoms. The Balaban J connectivity index is 2.52. The highest BCUT2D eigenvalue weighted by atomic mass is 16.5. The van der Waals surface area contributed by atoms with E-state index in [1.165, 1.54) is 14.2 Å². The molecule has 2 N–H and O–H groups in total. The molecule has 0 aliphatic rings. The van der Waals surface area contributed by atoms with Gasteiger partial charge in [0.05, 0.1) is 19.9 Å². The Hall–Kier alpha value is -2.24. The fraction of sp³-hybridized carbons (Fsp3) is 0.500. The van der Waals surface area contributed by atoms with E-state index in [1.807, 2.05) is 0 Å². The third kappa shape index (κ3) is 6.03. The quantitative estimate of drug-likeness (QED) is 0.542. The Bertz CT molecular complexity index is 503. The topological polar surface area (TPSA) is 76.7 Å². The van der Waals surface area contributed by atoms with Gasteiger partial charge in [-0.2, -0.15) is 0 Å². The van der Waals surface area contributed by atoms with Crippen LogP contribution in [0.4, 0.5) is 5.69 Å². The first kappa shape index (κ1) is 17.8. The number of hydrogen-bond donors (Lipinski definition) is 2. The summed E-state index contributed by atoms with van der Waals surface area (Å²) in [6.45, 7) is 2.69. The van der Waals surface area contributed by atoms with Crippen molar-refractivity contribution in [2.75, 3.05) is 26.1 Å². The molecule has 122 valence electrons. The van der Waals surface area contributed by atoms with Gasteiger partial charge in [-0.25, -0.2) is 0 Å². The second-order valence-corrected chi connectivity index (χ2v) is 4.85. The molecule has 1 aromatic carbocycles. The zero-order valence-electron chi connectivity index (χ0n) is 13.4. The van der Waals surface area contributed by atoms with E-state index in [0.717, 1.165) is 19.3 Å². The number of methoxy groups -OCH3 is 2. The van der Waals surface area contributed by atoms with Crippen molar-refractivity contribution in [2.24, 2.45) is 0 Å². The number of carbonyl (C=O) groups excluding carboxylic acids is 2. The predicted molar refractivity (Wildman–Crippen MR) is 85.3 cm³/mol. The SMILES string of the molecule is CCCCCNC(=O)CC(=O)Nc1cc(OC)ccc1OC. The van der Waals surface area contributed by atoms with Crippen molar-refractivity contribution in [3.05, 3.63) is 18.2 Å². The van der Waals surface area contributed by atoms with Crippen LogP contribution in [0.2, 0.25) is 0 Å². The number of hydrogen-bond acceptors (Lipinski definition) is 4. The lowest BCUT2D eigenvalue weighted by atomic mass is 10.2. The van der Waals surface area contributed by atoms with Crippen LogP contribution in [0.5, 0.6) is 11.5 Å². The molecule has 0 unspecified atom stereocenters. The van der Waals surface area contributed by atoms with Crippen LogP contribution in [0.25, 0.3) is 0 Å². The fourth-order valence-electron chi connectivity index (χ4n) is 1.92. The van der Waals surface area contributed by atoms with Gasteiger partial charge >= 0.3 is 0 Å². The average molecular weight is 308 g/mol. The van der Waals surface area contributed by atoms with Gasteiger partial charge in [0.2, 0.25) is 11.8 Å². The van der Waals surface area contributed by atoms with Crippen molar-refractivity contribution in [3.63, 3.8) is 0 Å². The van der Waals surface area contributed by atoms with E-state index in [1.54, 1.807) is 18.2 Å². The maximum absolute atomic E-state index is 11.9. The summed E-state index contributed by atoms with van der Waals surface area (Å²) in [5, 5.41) is 5.39. The van der Waals surface area contributed by atoms with E-state index < -0.39 is 0 Å². The number of anilines is 1. The lowest BCUT2D eigenvalue weighted by Crippen LogP contribution is -2.28. The Labute approximate surface area is 131 Å². The maximum Gasteiger partial charge on any atom is 0.233 e. The highest BCUT2D eigenvalue weighted by molar-refractivity contribution is 6.04. The van der Waals surface area contributed by atoms with E-state index in [-0.39, 0.29) is 18.2 Å². The van der Waals surface area contributed by atoms with Crippen molar-refractivity contribution < 1.29 is 19.1 Å². The molecule has 0 heterocycles. The maximum atomic E-state index is 11.9. The van der Waals surface area contributed by atoms with Gasteiger partial charge in [-0.3, -0.25) is 9.59 Å². The number of ether oxygens (including phenoxy) is 2. The summed E-state index contributed by atoms with van der Waals surface area (Å²) in [6, 6.07) is 5.07. The Kier molecular flexibility index (Phi) is 7.81. The van der Waals surface area contributed by atoms with Crippen LogP contribution >= 0.6 is 0 Å². The van der Waals surface area contributed by atoms with Crippen molar-refractivity contribution >= 4 is 17.5 Å². The van der Waals surface area contributed by atoms with Gasteiger partial charge in [-0.05, 0) is 18.6 Å². The minimum Gasteiger partial charge on any atom is -0.497 e. The van der Waals surface area contributed by atoms with Crippen molar-refractivity contribution in [2.45, 2.75) is 32.6 Å². The Morgan fingerprint density at radius 1 is 1.09 bits per heavy atom. The number of amides is 2. The number of carbonyl (C=O) groups is 2. The van der Waals surface area contributed by atoms with Crippen LogP contribution in [-0.2, 0) is 9.59 Å². The first-order chi connectivity index (χ1) is 10.6. The minimum atomic E-state index is -0.389. The van der Waals surface area contributed by atoms with Crippen LogP contribution in [0.3, 0.4) is 0 Å². The van der Waals surface area contributed by atoms with Gasteiger partial charge in [0, 0.05) is 12.6 Å². The van der Waals surface area contributed by atoms with Gasteiger partial charge in [0.15, 0.2) is 0 Å². The molecule has 0 aliphatic carbocycles. The summed E-state index contributed by atoms with van der Waals surface area (Å²) >= 11 is 0. The standard InChI is InChI=1S/C16H24N2O4/c1-4-5-6-9-17-15(19)11-16(20)18-13-10-12(21-2)7-8-14(13)22-3/h7-8,10H,4-6,9,11H2,1-3H3,(H,17,19)(H,18,20). The van der Waals surface area contributed by atoms with E-state index in [9.17, 15) is 9.59 Å². The first-order valence-electron chi connectivity index (χ1n) is 7.39. The zero-order chi connectivity index (χ0) is 16.4. The van der Waals surface area contributed by atoms with Crippen LogP contribution in [-0.4, -0.2) is 32.6 Å². The molecule has 0 fully saturated rings. The normalized spacial score (nSPS) is 9.95. The highest BCUT2D eigenvalue weighted by Gasteiger charge is 2.12. The second kappa shape index (κ2) is 9.65. The Morgan fingerprint density at radius 3 is 2.50 bits per heavy atom. The molecule has 1 aromatic rings. The van der Waals surface area contributed by atoms with Crippen LogP contribution in [0.15, 0.2) is 18.2 Å². The molecular weight excluding hydrogens is 284 g/mol. The molecule has 0 aliphatic heterocycles. The largest absolute Gasteiger partial charge is 0.497 e. The third-order valence-electron chi connectivity index (χ3n) is 3.10. The summed E-state index contributed by atoms with van der Waals surface area (Å²) in [5.74, 6) is 0.438. The number of nitrogens with one attached hydrogen (secondary N) is 2. The lowest BCUT2D eigenvalue weighted by molar-refractivity contribution is -0.126. The number of benzene rings is 1. The van der Waals surface area contributed by atoms with Crippen molar-refractivity contribution in [1.82, 2.24) is 5.32 Å². The molecule has 1 rings (SSSR count). The molecule has 0 saturated carbocycles. The van der Waals surface area contributed by atoms with Crippen LogP contribution in [0.1, 0.15) is 32.6 Å². The lowest BCUT2D eigenvalue weighted by Gasteiger charge is -2.11. The van der Waals surface area contributed by atoms with E-state index in [0.29, 0.717) is 23.7 Å². The van der Waals surface area contributed by atoms with Crippen LogP contribution in [0, 0.1) is 0 Å². The van der Waals surface area contributed by atoms with E-state index in [2.05, 4.69) is 17.6 Å².